The number of amides is 1. The SMILES string of the molecule is COC1CN(C(=O)c2ccc(-c3ccc(N4CC[C@@H](Oc5c(C)nc6nc(C)nn6c5C)C4)cc3)nn2)C1. The second-order valence-electron chi connectivity index (χ2n) is 9.88. The summed E-state index contributed by atoms with van der Waals surface area (Å²) in [6.45, 7) is 8.67. The molecule has 0 bridgehead atoms. The highest BCUT2D eigenvalue weighted by Gasteiger charge is 2.32. The second-order valence-corrected chi connectivity index (χ2v) is 9.88. The molecular weight excluding hydrogens is 484 g/mol. The minimum Gasteiger partial charge on any atom is -0.485 e. The van der Waals surface area contributed by atoms with Crippen molar-refractivity contribution in [1.29, 1.82) is 0 Å². The van der Waals surface area contributed by atoms with Crippen LogP contribution in [0.25, 0.3) is 17.0 Å². The van der Waals surface area contributed by atoms with Gasteiger partial charge in [-0.05, 0) is 45.0 Å². The normalized spacial score (nSPS) is 17.7. The van der Waals surface area contributed by atoms with Crippen molar-refractivity contribution < 1.29 is 14.3 Å². The highest BCUT2D eigenvalue weighted by molar-refractivity contribution is 5.93. The van der Waals surface area contributed by atoms with Crippen molar-refractivity contribution in [2.45, 2.75) is 39.4 Å². The number of benzene rings is 1. The highest BCUT2D eigenvalue weighted by atomic mass is 16.5. The maximum atomic E-state index is 12.5. The van der Waals surface area contributed by atoms with Crippen molar-refractivity contribution in [2.75, 3.05) is 38.2 Å². The first-order chi connectivity index (χ1) is 18.4. The Labute approximate surface area is 220 Å². The standard InChI is InChI=1S/C27H30N8O3/c1-16-25(17(2)35-27(28-16)29-18(3)32-35)38-21-11-12-33(13-21)20-7-5-19(6-8-20)23-9-10-24(31-30-23)26(36)34-14-22(15-34)37-4/h5-10,21-22H,11-15H2,1-4H3/t21-/m1/s1. The Hall–Kier alpha value is -4.12. The Morgan fingerprint density at radius 1 is 0.947 bits per heavy atom. The van der Waals surface area contributed by atoms with E-state index in [4.69, 9.17) is 9.47 Å². The molecule has 1 amide bonds. The summed E-state index contributed by atoms with van der Waals surface area (Å²) in [5, 5.41) is 12.9. The number of methoxy groups -OCH3 is 1. The van der Waals surface area contributed by atoms with Gasteiger partial charge in [0.2, 0.25) is 0 Å². The summed E-state index contributed by atoms with van der Waals surface area (Å²) in [6.07, 6.45) is 1.08. The van der Waals surface area contributed by atoms with Gasteiger partial charge in [0.1, 0.15) is 11.9 Å². The Bertz CT molecular complexity index is 1480. The molecular formula is C27H30N8O3. The van der Waals surface area contributed by atoms with E-state index in [9.17, 15) is 4.79 Å². The van der Waals surface area contributed by atoms with Crippen LogP contribution in [-0.4, -0.2) is 86.1 Å². The number of hydrogen-bond donors (Lipinski definition) is 0. The van der Waals surface area contributed by atoms with E-state index in [-0.39, 0.29) is 18.1 Å². The monoisotopic (exact) mass is 514 g/mol. The number of carbonyl (C=O) groups is 1. The maximum absolute atomic E-state index is 12.5. The zero-order valence-electron chi connectivity index (χ0n) is 22.0. The average Bonchev–Trinajstić information content (AvgIpc) is 3.52. The molecule has 2 saturated heterocycles. The van der Waals surface area contributed by atoms with Gasteiger partial charge < -0.3 is 19.3 Å². The summed E-state index contributed by atoms with van der Waals surface area (Å²) in [5.74, 6) is 1.95. The molecule has 0 N–H and O–H groups in total. The minimum atomic E-state index is -0.115. The first kappa shape index (κ1) is 24.2. The van der Waals surface area contributed by atoms with Gasteiger partial charge in [-0.15, -0.1) is 15.3 Å². The van der Waals surface area contributed by atoms with Crippen molar-refractivity contribution in [3.63, 3.8) is 0 Å². The number of nitrogens with zero attached hydrogens (tertiary/aromatic N) is 8. The van der Waals surface area contributed by atoms with Crippen molar-refractivity contribution in [1.82, 2.24) is 34.7 Å². The summed E-state index contributed by atoms with van der Waals surface area (Å²) >= 11 is 0. The van der Waals surface area contributed by atoms with E-state index in [0.29, 0.717) is 30.4 Å². The third-order valence-corrected chi connectivity index (χ3v) is 7.25. The molecule has 3 aromatic heterocycles. The lowest BCUT2D eigenvalue weighted by molar-refractivity contribution is -0.0195. The van der Waals surface area contributed by atoms with Crippen LogP contribution in [0.15, 0.2) is 36.4 Å². The zero-order valence-corrected chi connectivity index (χ0v) is 22.0. The van der Waals surface area contributed by atoms with Crippen molar-refractivity contribution in [3.8, 4) is 17.0 Å². The summed E-state index contributed by atoms with van der Waals surface area (Å²) in [6, 6.07) is 11.8. The smallest absolute Gasteiger partial charge is 0.274 e. The fraction of sp³-hybridized carbons (Fsp3) is 0.407. The summed E-state index contributed by atoms with van der Waals surface area (Å²) in [4.78, 5) is 25.5. The fourth-order valence-electron chi connectivity index (χ4n) is 5.01. The predicted octanol–water partition coefficient (Wildman–Crippen LogP) is 2.64. The van der Waals surface area contributed by atoms with Gasteiger partial charge in [0, 0.05) is 44.4 Å². The number of aryl methyl sites for hydroxylation is 3. The van der Waals surface area contributed by atoms with E-state index in [1.165, 1.54) is 0 Å². The van der Waals surface area contributed by atoms with E-state index in [1.807, 2.05) is 39.0 Å². The molecule has 0 aliphatic carbocycles. The molecule has 0 radical (unpaired) electrons. The van der Waals surface area contributed by atoms with E-state index < -0.39 is 0 Å². The van der Waals surface area contributed by atoms with E-state index in [2.05, 4.69) is 42.3 Å². The van der Waals surface area contributed by atoms with E-state index in [1.54, 1.807) is 22.6 Å². The number of aromatic nitrogens is 6. The first-order valence-electron chi connectivity index (χ1n) is 12.8. The Morgan fingerprint density at radius 3 is 2.45 bits per heavy atom. The number of rotatable bonds is 6. The molecule has 2 fully saturated rings. The van der Waals surface area contributed by atoms with Crippen LogP contribution in [0, 0.1) is 20.8 Å². The van der Waals surface area contributed by atoms with Gasteiger partial charge in [0.15, 0.2) is 11.4 Å². The summed E-state index contributed by atoms with van der Waals surface area (Å²) in [5.41, 5.74) is 4.88. The van der Waals surface area contributed by atoms with Gasteiger partial charge >= 0.3 is 0 Å². The van der Waals surface area contributed by atoms with E-state index in [0.717, 1.165) is 53.6 Å². The molecule has 0 spiro atoms. The molecule has 5 heterocycles. The van der Waals surface area contributed by atoms with Gasteiger partial charge in [-0.1, -0.05) is 12.1 Å². The number of likely N-dealkylation sites (tertiary alicyclic amines) is 1. The number of fused-ring (bicyclic) bond motifs is 1. The van der Waals surface area contributed by atoms with Crippen LogP contribution >= 0.6 is 0 Å². The topological polar surface area (TPSA) is 111 Å². The molecule has 0 unspecified atom stereocenters. The van der Waals surface area contributed by atoms with Crippen LogP contribution in [0.4, 0.5) is 5.69 Å². The zero-order chi connectivity index (χ0) is 26.4. The van der Waals surface area contributed by atoms with Crippen LogP contribution in [0.3, 0.4) is 0 Å². The van der Waals surface area contributed by atoms with Crippen molar-refractivity contribution in [2.24, 2.45) is 0 Å². The fourth-order valence-corrected chi connectivity index (χ4v) is 5.01. The van der Waals surface area contributed by atoms with E-state index >= 15 is 0 Å². The molecule has 6 rings (SSSR count). The van der Waals surface area contributed by atoms with Crippen LogP contribution < -0.4 is 9.64 Å². The lowest BCUT2D eigenvalue weighted by atomic mass is 10.1. The lowest BCUT2D eigenvalue weighted by Gasteiger charge is -2.37. The maximum Gasteiger partial charge on any atom is 0.274 e. The van der Waals surface area contributed by atoms with Crippen molar-refractivity contribution >= 4 is 17.4 Å². The molecule has 1 aromatic carbocycles. The van der Waals surface area contributed by atoms with Crippen LogP contribution in [-0.2, 0) is 4.74 Å². The van der Waals surface area contributed by atoms with Gasteiger partial charge in [-0.2, -0.15) is 9.50 Å². The predicted molar refractivity (Wildman–Crippen MR) is 140 cm³/mol. The summed E-state index contributed by atoms with van der Waals surface area (Å²) < 4.78 is 13.4. The molecule has 4 aromatic rings. The molecule has 1 atom stereocenters. The Balaban J connectivity index is 1.09. The number of anilines is 1. The van der Waals surface area contributed by atoms with Crippen LogP contribution in [0.1, 0.15) is 34.1 Å². The Kier molecular flexibility index (Phi) is 6.15. The number of hydrogen-bond acceptors (Lipinski definition) is 9. The highest BCUT2D eigenvalue weighted by Crippen LogP contribution is 2.29. The van der Waals surface area contributed by atoms with Crippen LogP contribution in [0.2, 0.25) is 0 Å². The molecule has 2 aliphatic rings. The minimum absolute atomic E-state index is 0.0532. The third kappa shape index (κ3) is 4.43. The molecule has 0 saturated carbocycles. The largest absolute Gasteiger partial charge is 0.485 e. The summed E-state index contributed by atoms with van der Waals surface area (Å²) in [7, 11) is 1.66. The molecule has 11 nitrogen and oxygen atoms in total. The quantitative estimate of drug-likeness (QED) is 0.383. The van der Waals surface area contributed by atoms with Gasteiger partial charge in [0.05, 0.1) is 29.7 Å². The Morgan fingerprint density at radius 2 is 1.74 bits per heavy atom. The number of ether oxygens (including phenoxy) is 2. The molecule has 11 heteroatoms. The van der Waals surface area contributed by atoms with Crippen molar-refractivity contribution in [3.05, 3.63) is 59.3 Å². The lowest BCUT2D eigenvalue weighted by Crippen LogP contribution is -2.54. The van der Waals surface area contributed by atoms with Gasteiger partial charge in [0.25, 0.3) is 11.7 Å². The second kappa shape index (κ2) is 9.64. The molecule has 38 heavy (non-hydrogen) atoms. The molecule has 2 aliphatic heterocycles. The van der Waals surface area contributed by atoms with Crippen LogP contribution in [0.5, 0.6) is 5.75 Å². The first-order valence-corrected chi connectivity index (χ1v) is 12.8. The van der Waals surface area contributed by atoms with Gasteiger partial charge in [-0.3, -0.25) is 4.79 Å². The average molecular weight is 515 g/mol. The van der Waals surface area contributed by atoms with Gasteiger partial charge in [-0.25, -0.2) is 4.98 Å². The number of carbonyl (C=O) groups excluding carboxylic acids is 1. The third-order valence-electron chi connectivity index (χ3n) is 7.25. The molecule has 196 valence electrons.